The maximum Gasteiger partial charge on any atom is 0.358 e. The Hall–Kier alpha value is -1.43. The van der Waals surface area contributed by atoms with Crippen LogP contribution in [0, 0.1) is 0 Å². The van der Waals surface area contributed by atoms with Crippen molar-refractivity contribution in [3.05, 3.63) is 11.9 Å². The predicted molar refractivity (Wildman–Crippen MR) is 57.3 cm³/mol. The molecule has 2 atom stereocenters. The number of aromatic nitrogens is 3. The van der Waals surface area contributed by atoms with Gasteiger partial charge in [0.05, 0.1) is 12.2 Å². The van der Waals surface area contributed by atoms with Crippen molar-refractivity contribution < 1.29 is 9.90 Å². The van der Waals surface area contributed by atoms with E-state index in [2.05, 4.69) is 15.6 Å². The van der Waals surface area contributed by atoms with E-state index in [1.165, 1.54) is 19.0 Å². The highest BCUT2D eigenvalue weighted by molar-refractivity contribution is 5.84. The Balaban J connectivity index is 2.07. The van der Waals surface area contributed by atoms with Gasteiger partial charge >= 0.3 is 5.97 Å². The SMILES string of the molecule is C[C@@H]([C@H]1CCCCN1)n1cc(C(=O)O)nn1. The molecule has 0 aliphatic carbocycles. The zero-order valence-electron chi connectivity index (χ0n) is 9.26. The van der Waals surface area contributed by atoms with Crippen molar-refractivity contribution in [2.45, 2.75) is 38.3 Å². The number of carboxylic acids is 1. The number of nitrogens with zero attached hydrogens (tertiary/aromatic N) is 3. The average molecular weight is 224 g/mol. The van der Waals surface area contributed by atoms with Crippen LogP contribution in [-0.4, -0.2) is 38.7 Å². The minimum absolute atomic E-state index is 0.00246. The molecule has 0 amide bonds. The molecule has 6 nitrogen and oxygen atoms in total. The summed E-state index contributed by atoms with van der Waals surface area (Å²) in [5.41, 5.74) is 0.00246. The second-order valence-corrected chi connectivity index (χ2v) is 4.19. The monoisotopic (exact) mass is 224 g/mol. The molecule has 16 heavy (non-hydrogen) atoms. The Labute approximate surface area is 93.6 Å². The van der Waals surface area contributed by atoms with E-state index in [-0.39, 0.29) is 11.7 Å². The molecule has 2 rings (SSSR count). The first-order valence-corrected chi connectivity index (χ1v) is 5.57. The molecule has 1 fully saturated rings. The Kier molecular flexibility index (Phi) is 3.19. The van der Waals surface area contributed by atoms with Crippen LogP contribution in [0.25, 0.3) is 0 Å². The van der Waals surface area contributed by atoms with Crippen LogP contribution in [-0.2, 0) is 0 Å². The van der Waals surface area contributed by atoms with E-state index >= 15 is 0 Å². The van der Waals surface area contributed by atoms with Gasteiger partial charge in [-0.25, -0.2) is 9.48 Å². The van der Waals surface area contributed by atoms with Gasteiger partial charge in [-0.15, -0.1) is 5.10 Å². The van der Waals surface area contributed by atoms with Crippen molar-refractivity contribution in [1.29, 1.82) is 0 Å². The van der Waals surface area contributed by atoms with E-state index in [1.807, 2.05) is 6.92 Å². The zero-order valence-corrected chi connectivity index (χ0v) is 9.26. The largest absolute Gasteiger partial charge is 0.476 e. The van der Waals surface area contributed by atoms with Crippen molar-refractivity contribution in [3.8, 4) is 0 Å². The lowest BCUT2D eigenvalue weighted by Crippen LogP contribution is -2.40. The summed E-state index contributed by atoms with van der Waals surface area (Å²) in [6, 6.07) is 0.498. The third kappa shape index (κ3) is 2.21. The van der Waals surface area contributed by atoms with Gasteiger partial charge < -0.3 is 10.4 Å². The van der Waals surface area contributed by atoms with Gasteiger partial charge in [0.2, 0.25) is 0 Å². The molecule has 1 aliphatic heterocycles. The normalized spacial score (nSPS) is 22.9. The van der Waals surface area contributed by atoms with Crippen LogP contribution in [0.5, 0.6) is 0 Å². The van der Waals surface area contributed by atoms with Crippen LogP contribution in [0.3, 0.4) is 0 Å². The topological polar surface area (TPSA) is 80.0 Å². The molecular formula is C10H16N4O2. The summed E-state index contributed by atoms with van der Waals surface area (Å²) in [6.45, 7) is 3.05. The first-order valence-electron chi connectivity index (χ1n) is 5.57. The Morgan fingerprint density at radius 3 is 3.06 bits per heavy atom. The summed E-state index contributed by atoms with van der Waals surface area (Å²) in [7, 11) is 0. The molecule has 1 aromatic heterocycles. The third-order valence-corrected chi connectivity index (χ3v) is 3.08. The Bertz CT molecular complexity index is 371. The molecule has 1 aromatic rings. The van der Waals surface area contributed by atoms with Gasteiger partial charge in [0.1, 0.15) is 0 Å². The highest BCUT2D eigenvalue weighted by Gasteiger charge is 2.22. The summed E-state index contributed by atoms with van der Waals surface area (Å²) >= 11 is 0. The molecule has 2 heterocycles. The first-order chi connectivity index (χ1) is 7.68. The lowest BCUT2D eigenvalue weighted by atomic mass is 9.99. The van der Waals surface area contributed by atoms with Crippen molar-refractivity contribution in [2.24, 2.45) is 0 Å². The van der Waals surface area contributed by atoms with Gasteiger partial charge in [-0.1, -0.05) is 11.6 Å². The molecule has 0 radical (unpaired) electrons. The second-order valence-electron chi connectivity index (χ2n) is 4.19. The fraction of sp³-hybridized carbons (Fsp3) is 0.700. The smallest absolute Gasteiger partial charge is 0.358 e. The summed E-state index contributed by atoms with van der Waals surface area (Å²) in [5, 5.41) is 19.7. The van der Waals surface area contributed by atoms with Gasteiger partial charge in [0.25, 0.3) is 0 Å². The molecule has 0 spiro atoms. The van der Waals surface area contributed by atoms with E-state index in [4.69, 9.17) is 5.11 Å². The number of rotatable bonds is 3. The van der Waals surface area contributed by atoms with Crippen molar-refractivity contribution >= 4 is 5.97 Å². The third-order valence-electron chi connectivity index (χ3n) is 3.08. The summed E-state index contributed by atoms with van der Waals surface area (Å²) in [6.07, 6.45) is 5.01. The number of aromatic carboxylic acids is 1. The van der Waals surface area contributed by atoms with E-state index in [9.17, 15) is 4.79 Å². The van der Waals surface area contributed by atoms with Crippen LogP contribution in [0.4, 0.5) is 0 Å². The van der Waals surface area contributed by atoms with Crippen molar-refractivity contribution in [3.63, 3.8) is 0 Å². The van der Waals surface area contributed by atoms with E-state index in [0.717, 1.165) is 13.0 Å². The molecule has 1 saturated heterocycles. The summed E-state index contributed by atoms with van der Waals surface area (Å²) < 4.78 is 1.63. The number of nitrogens with one attached hydrogen (secondary N) is 1. The maximum absolute atomic E-state index is 10.7. The number of piperidine rings is 1. The van der Waals surface area contributed by atoms with Gasteiger partial charge in [-0.05, 0) is 26.3 Å². The summed E-state index contributed by atoms with van der Waals surface area (Å²) in [4.78, 5) is 10.7. The van der Waals surface area contributed by atoms with Gasteiger partial charge in [-0.3, -0.25) is 0 Å². The minimum atomic E-state index is -1.03. The highest BCUT2D eigenvalue weighted by atomic mass is 16.4. The van der Waals surface area contributed by atoms with Crippen LogP contribution >= 0.6 is 0 Å². The number of carbonyl (C=O) groups is 1. The number of hydrogen-bond donors (Lipinski definition) is 2. The molecular weight excluding hydrogens is 208 g/mol. The van der Waals surface area contributed by atoms with Gasteiger partial charge in [0, 0.05) is 6.04 Å². The van der Waals surface area contributed by atoms with E-state index in [1.54, 1.807) is 4.68 Å². The number of carboxylic acid groups (broad SMARTS) is 1. The quantitative estimate of drug-likeness (QED) is 0.789. The predicted octanol–water partition coefficient (Wildman–Crippen LogP) is 0.679. The molecule has 0 bridgehead atoms. The average Bonchev–Trinajstić information content (AvgIpc) is 2.78. The molecule has 0 saturated carbocycles. The minimum Gasteiger partial charge on any atom is -0.476 e. The Morgan fingerprint density at radius 1 is 1.69 bits per heavy atom. The molecule has 6 heteroatoms. The Morgan fingerprint density at radius 2 is 2.50 bits per heavy atom. The highest BCUT2D eigenvalue weighted by Crippen LogP contribution is 2.18. The fourth-order valence-corrected chi connectivity index (χ4v) is 2.05. The fourth-order valence-electron chi connectivity index (χ4n) is 2.05. The zero-order chi connectivity index (χ0) is 11.5. The molecule has 0 unspecified atom stereocenters. The van der Waals surface area contributed by atoms with E-state index < -0.39 is 5.97 Å². The first kappa shape index (κ1) is 11.1. The molecule has 1 aliphatic rings. The van der Waals surface area contributed by atoms with Crippen molar-refractivity contribution in [2.75, 3.05) is 6.54 Å². The standard InChI is InChI=1S/C10H16N4O2/c1-7(8-4-2-3-5-11-8)14-6-9(10(15)16)12-13-14/h6-8,11H,2-5H2,1H3,(H,15,16)/t7-,8+/m0/s1. The molecule has 2 N–H and O–H groups in total. The summed E-state index contributed by atoms with van der Waals surface area (Å²) in [5.74, 6) is -1.03. The van der Waals surface area contributed by atoms with Crippen molar-refractivity contribution in [1.82, 2.24) is 20.3 Å². The van der Waals surface area contributed by atoms with Crippen LogP contribution in [0.15, 0.2) is 6.20 Å². The van der Waals surface area contributed by atoms with Gasteiger partial charge in [0.15, 0.2) is 5.69 Å². The van der Waals surface area contributed by atoms with Crippen LogP contribution in [0.1, 0.15) is 42.7 Å². The molecule has 0 aromatic carbocycles. The lowest BCUT2D eigenvalue weighted by Gasteiger charge is -2.28. The van der Waals surface area contributed by atoms with E-state index in [0.29, 0.717) is 6.04 Å². The maximum atomic E-state index is 10.7. The lowest BCUT2D eigenvalue weighted by molar-refractivity contribution is 0.0690. The number of hydrogen-bond acceptors (Lipinski definition) is 4. The van der Waals surface area contributed by atoms with Crippen LogP contribution in [0.2, 0.25) is 0 Å². The second kappa shape index (κ2) is 4.61. The van der Waals surface area contributed by atoms with Crippen LogP contribution < -0.4 is 5.32 Å². The molecule has 88 valence electrons. The van der Waals surface area contributed by atoms with Gasteiger partial charge in [-0.2, -0.15) is 0 Å².